The third kappa shape index (κ3) is 1.52. The second kappa shape index (κ2) is 3.55. The molecule has 4 nitrogen and oxygen atoms in total. The van der Waals surface area contributed by atoms with E-state index in [0.717, 1.165) is 5.69 Å². The lowest BCUT2D eigenvalue weighted by atomic mass is 10.2. The van der Waals surface area contributed by atoms with Gasteiger partial charge in [-0.3, -0.25) is 4.79 Å². The van der Waals surface area contributed by atoms with Gasteiger partial charge in [0.05, 0.1) is 11.8 Å². The zero-order chi connectivity index (χ0) is 11.8. The Morgan fingerprint density at radius 1 is 1.18 bits per heavy atom. The van der Waals surface area contributed by atoms with E-state index in [1.165, 1.54) is 6.07 Å². The smallest absolute Gasteiger partial charge is 0.279 e. The van der Waals surface area contributed by atoms with Gasteiger partial charge in [-0.25, -0.2) is 4.98 Å². The molecule has 1 aromatic carbocycles. The van der Waals surface area contributed by atoms with Gasteiger partial charge in [0.2, 0.25) is 0 Å². The molecular formula is C12H8FN3O. The van der Waals surface area contributed by atoms with E-state index in [9.17, 15) is 9.28 Å². The molecule has 0 spiro atoms. The molecule has 17 heavy (non-hydrogen) atoms. The van der Waals surface area contributed by atoms with Crippen molar-refractivity contribution >= 4 is 10.9 Å². The van der Waals surface area contributed by atoms with Crippen molar-refractivity contribution in [3.8, 4) is 5.69 Å². The predicted molar refractivity (Wildman–Crippen MR) is 61.8 cm³/mol. The number of imidazole rings is 1. The largest absolute Gasteiger partial charge is 0.306 e. The fourth-order valence-corrected chi connectivity index (χ4v) is 1.76. The van der Waals surface area contributed by atoms with E-state index in [1.54, 1.807) is 41.5 Å². The SMILES string of the molecule is O=c1ccc2ccc(-n3ccnc3)cc2n1F. The Hall–Kier alpha value is -2.43. The van der Waals surface area contributed by atoms with Crippen LogP contribution in [0.25, 0.3) is 16.6 Å². The van der Waals surface area contributed by atoms with Gasteiger partial charge >= 0.3 is 0 Å². The molecule has 2 heterocycles. The minimum atomic E-state index is -0.666. The highest BCUT2D eigenvalue weighted by Gasteiger charge is 2.04. The molecule has 0 unspecified atom stereocenters. The summed E-state index contributed by atoms with van der Waals surface area (Å²) in [7, 11) is 0. The van der Waals surface area contributed by atoms with Crippen LogP contribution in [0.3, 0.4) is 0 Å². The normalized spacial score (nSPS) is 10.9. The van der Waals surface area contributed by atoms with Crippen molar-refractivity contribution < 1.29 is 4.48 Å². The number of hydrogen-bond donors (Lipinski definition) is 0. The molecule has 0 fully saturated rings. The van der Waals surface area contributed by atoms with Gasteiger partial charge in [-0.2, -0.15) is 0 Å². The first-order valence-corrected chi connectivity index (χ1v) is 5.06. The average Bonchev–Trinajstić information content (AvgIpc) is 2.87. The van der Waals surface area contributed by atoms with E-state index in [1.807, 2.05) is 6.07 Å². The summed E-state index contributed by atoms with van der Waals surface area (Å²) in [5.41, 5.74) is 0.344. The molecule has 0 amide bonds. The van der Waals surface area contributed by atoms with Crippen LogP contribution >= 0.6 is 0 Å². The molecule has 0 saturated heterocycles. The summed E-state index contributed by atoms with van der Waals surface area (Å²) in [5.74, 6) is 0. The maximum Gasteiger partial charge on any atom is 0.279 e. The summed E-state index contributed by atoms with van der Waals surface area (Å²) >= 11 is 0. The van der Waals surface area contributed by atoms with Crippen LogP contribution in [0.4, 0.5) is 4.48 Å². The summed E-state index contributed by atoms with van der Waals surface area (Å²) in [6.07, 6.45) is 5.01. The Balaban J connectivity index is 2.32. The van der Waals surface area contributed by atoms with Gasteiger partial charge in [-0.1, -0.05) is 10.5 Å². The van der Waals surface area contributed by atoms with Crippen molar-refractivity contribution in [1.82, 2.24) is 14.3 Å². The number of aromatic nitrogens is 3. The first-order chi connectivity index (χ1) is 8.25. The second-order valence-electron chi connectivity index (χ2n) is 3.67. The van der Waals surface area contributed by atoms with E-state index in [2.05, 4.69) is 4.98 Å². The van der Waals surface area contributed by atoms with Crippen LogP contribution in [0.2, 0.25) is 0 Å². The van der Waals surface area contributed by atoms with Crippen molar-refractivity contribution in [3.63, 3.8) is 0 Å². The van der Waals surface area contributed by atoms with Gasteiger partial charge < -0.3 is 4.57 Å². The summed E-state index contributed by atoms with van der Waals surface area (Å²) < 4.78 is 15.3. The third-order valence-corrected chi connectivity index (χ3v) is 2.63. The van der Waals surface area contributed by atoms with Gasteiger partial charge in [-0.15, -0.1) is 4.79 Å². The fraction of sp³-hybridized carbons (Fsp3) is 0. The predicted octanol–water partition coefficient (Wildman–Crippen LogP) is 1.92. The molecule has 0 atom stereocenters. The van der Waals surface area contributed by atoms with E-state index in [-0.39, 0.29) is 10.3 Å². The zero-order valence-electron chi connectivity index (χ0n) is 8.75. The molecule has 0 aliphatic carbocycles. The van der Waals surface area contributed by atoms with Crippen LogP contribution in [-0.4, -0.2) is 14.3 Å². The van der Waals surface area contributed by atoms with Crippen molar-refractivity contribution in [1.29, 1.82) is 0 Å². The first kappa shape index (κ1) is 9.77. The summed E-state index contributed by atoms with van der Waals surface area (Å²) in [5, 5.41) is 0.677. The Bertz CT molecular complexity index is 731. The van der Waals surface area contributed by atoms with Crippen LogP contribution in [-0.2, 0) is 0 Å². The molecule has 2 aromatic heterocycles. The summed E-state index contributed by atoms with van der Waals surface area (Å²) in [4.78, 5) is 15.3. The van der Waals surface area contributed by atoms with Crippen LogP contribution in [0.1, 0.15) is 0 Å². The van der Waals surface area contributed by atoms with Gasteiger partial charge in [0.1, 0.15) is 0 Å². The summed E-state index contributed by atoms with van der Waals surface area (Å²) in [6.45, 7) is 0. The fourth-order valence-electron chi connectivity index (χ4n) is 1.76. The number of fused-ring (bicyclic) bond motifs is 1. The van der Waals surface area contributed by atoms with Crippen LogP contribution in [0.15, 0.2) is 53.8 Å². The number of halogens is 1. The lowest BCUT2D eigenvalue weighted by molar-refractivity contribution is 0.371. The highest BCUT2D eigenvalue weighted by atomic mass is 19.2. The highest BCUT2D eigenvalue weighted by molar-refractivity contribution is 5.80. The monoisotopic (exact) mass is 229 g/mol. The molecule has 3 aromatic rings. The van der Waals surface area contributed by atoms with Gasteiger partial charge in [-0.05, 0) is 18.2 Å². The molecule has 5 heteroatoms. The quantitative estimate of drug-likeness (QED) is 0.639. The standard InChI is InChI=1S/C12H8FN3O/c13-16-11-7-10(15-6-5-14-8-15)3-1-9(11)2-4-12(16)17/h1-8H. The van der Waals surface area contributed by atoms with Gasteiger partial charge in [0.25, 0.3) is 5.56 Å². The van der Waals surface area contributed by atoms with E-state index in [0.29, 0.717) is 5.39 Å². The van der Waals surface area contributed by atoms with E-state index >= 15 is 0 Å². The minimum Gasteiger partial charge on any atom is -0.306 e. The van der Waals surface area contributed by atoms with Crippen LogP contribution in [0.5, 0.6) is 0 Å². The topological polar surface area (TPSA) is 39.8 Å². The van der Waals surface area contributed by atoms with E-state index < -0.39 is 5.56 Å². The van der Waals surface area contributed by atoms with Crippen molar-refractivity contribution in [3.05, 3.63) is 59.4 Å². The molecule has 0 radical (unpaired) electrons. The van der Waals surface area contributed by atoms with E-state index in [4.69, 9.17) is 0 Å². The number of rotatable bonds is 1. The molecule has 3 rings (SSSR count). The number of hydrogen-bond acceptors (Lipinski definition) is 2. The van der Waals surface area contributed by atoms with Crippen molar-refractivity contribution in [2.75, 3.05) is 0 Å². The lowest BCUT2D eigenvalue weighted by Crippen LogP contribution is -2.12. The Morgan fingerprint density at radius 2 is 2.00 bits per heavy atom. The van der Waals surface area contributed by atoms with Gasteiger partial charge in [0.15, 0.2) is 0 Å². The molecule has 0 bridgehead atoms. The number of nitrogens with zero attached hydrogens (tertiary/aromatic N) is 3. The molecule has 0 saturated carbocycles. The maximum absolute atomic E-state index is 13.6. The van der Waals surface area contributed by atoms with Crippen molar-refractivity contribution in [2.24, 2.45) is 0 Å². The minimum absolute atomic E-state index is 0.149. The molecular weight excluding hydrogens is 221 g/mol. The molecule has 0 aliphatic rings. The Labute approximate surface area is 95.5 Å². The van der Waals surface area contributed by atoms with Crippen LogP contribution < -0.4 is 5.56 Å². The maximum atomic E-state index is 13.6. The third-order valence-electron chi connectivity index (χ3n) is 2.63. The average molecular weight is 229 g/mol. The number of pyridine rings is 1. The molecule has 0 aliphatic heterocycles. The molecule has 84 valence electrons. The second-order valence-corrected chi connectivity index (χ2v) is 3.67. The van der Waals surface area contributed by atoms with Crippen LogP contribution in [0, 0.1) is 0 Å². The van der Waals surface area contributed by atoms with Crippen molar-refractivity contribution in [2.45, 2.75) is 0 Å². The Kier molecular flexibility index (Phi) is 2.04. The number of benzene rings is 1. The Morgan fingerprint density at radius 3 is 2.76 bits per heavy atom. The first-order valence-electron chi connectivity index (χ1n) is 5.06. The lowest BCUT2D eigenvalue weighted by Gasteiger charge is -2.05. The highest BCUT2D eigenvalue weighted by Crippen LogP contribution is 2.17. The van der Waals surface area contributed by atoms with Gasteiger partial charge in [0, 0.05) is 29.5 Å². The summed E-state index contributed by atoms with van der Waals surface area (Å²) in [6, 6.07) is 8.03. The molecule has 0 N–H and O–H groups in total. The zero-order valence-corrected chi connectivity index (χ0v) is 8.75.